The summed E-state index contributed by atoms with van der Waals surface area (Å²) in [4.78, 5) is 23.6. The van der Waals surface area contributed by atoms with Gasteiger partial charge in [-0.25, -0.2) is 4.79 Å². The summed E-state index contributed by atoms with van der Waals surface area (Å²) in [7, 11) is 0. The Morgan fingerprint density at radius 2 is 2.36 bits per heavy atom. The first-order chi connectivity index (χ1) is 6.54. The molecular formula is C8H10N2O3S. The number of carboxylic acid groups (broad SMARTS) is 1. The van der Waals surface area contributed by atoms with Gasteiger partial charge in [-0.15, -0.1) is 11.8 Å². The predicted molar refractivity (Wildman–Crippen MR) is 51.6 cm³/mol. The van der Waals surface area contributed by atoms with Crippen molar-refractivity contribution < 1.29 is 14.7 Å². The van der Waals surface area contributed by atoms with Crippen molar-refractivity contribution in [2.45, 2.75) is 17.5 Å². The minimum atomic E-state index is -1.03. The molecule has 0 bridgehead atoms. The van der Waals surface area contributed by atoms with Gasteiger partial charge in [0, 0.05) is 5.75 Å². The van der Waals surface area contributed by atoms with Crippen molar-refractivity contribution >= 4 is 23.6 Å². The smallest absolute Gasteiger partial charge is 0.330 e. The number of carbonyl (C=O) groups excluding carboxylic acids is 1. The third-order valence-corrected chi connectivity index (χ3v) is 3.86. The van der Waals surface area contributed by atoms with E-state index >= 15 is 0 Å². The van der Waals surface area contributed by atoms with Crippen LogP contribution in [0.1, 0.15) is 0 Å². The number of thioether (sulfide) groups is 1. The first-order valence-corrected chi connectivity index (χ1v) is 5.18. The van der Waals surface area contributed by atoms with Crippen LogP contribution in [0.5, 0.6) is 0 Å². The summed E-state index contributed by atoms with van der Waals surface area (Å²) in [6.45, 7) is 3.66. The van der Waals surface area contributed by atoms with Gasteiger partial charge in [-0.05, 0) is 5.57 Å². The summed E-state index contributed by atoms with van der Waals surface area (Å²) in [5, 5.41) is 8.74. The molecular weight excluding hydrogens is 204 g/mol. The summed E-state index contributed by atoms with van der Waals surface area (Å²) < 4.78 is 0. The van der Waals surface area contributed by atoms with Crippen molar-refractivity contribution in [3.63, 3.8) is 0 Å². The van der Waals surface area contributed by atoms with Gasteiger partial charge in [-0.2, -0.15) is 0 Å². The van der Waals surface area contributed by atoms with Gasteiger partial charge in [0.05, 0.1) is 0 Å². The lowest BCUT2D eigenvalue weighted by atomic mass is 9.99. The highest BCUT2D eigenvalue weighted by Gasteiger charge is 2.53. The molecule has 3 atom stereocenters. The summed E-state index contributed by atoms with van der Waals surface area (Å²) in [5.74, 6) is -0.768. The number of nitrogens with two attached hydrogens (primary N) is 1. The van der Waals surface area contributed by atoms with E-state index in [1.54, 1.807) is 0 Å². The lowest BCUT2D eigenvalue weighted by Crippen LogP contribution is -2.73. The highest BCUT2D eigenvalue weighted by atomic mass is 32.2. The van der Waals surface area contributed by atoms with Gasteiger partial charge < -0.3 is 15.7 Å². The normalized spacial score (nSPS) is 36.4. The second-order valence-electron chi connectivity index (χ2n) is 3.37. The molecule has 2 aliphatic rings. The minimum absolute atomic E-state index is 0.186. The number of carboxylic acids is 1. The Kier molecular flexibility index (Phi) is 2.04. The first kappa shape index (κ1) is 9.54. The van der Waals surface area contributed by atoms with E-state index in [4.69, 9.17) is 10.8 Å². The molecule has 6 heteroatoms. The number of fused-ring (bicyclic) bond motifs is 1. The van der Waals surface area contributed by atoms with E-state index in [0.29, 0.717) is 11.3 Å². The van der Waals surface area contributed by atoms with Crippen molar-refractivity contribution in [1.82, 2.24) is 4.90 Å². The van der Waals surface area contributed by atoms with Gasteiger partial charge in [0.1, 0.15) is 11.4 Å². The SMILES string of the molecule is C=C1CS[C@H]2[C@H](N)C(=O)N2[C@@H]1C(=O)O. The number of hydrogen-bond donors (Lipinski definition) is 2. The van der Waals surface area contributed by atoms with Crippen LogP contribution in [0, 0.1) is 0 Å². The number of β-lactam (4-membered cyclic amide) rings is 1. The van der Waals surface area contributed by atoms with Crippen LogP contribution in [-0.4, -0.2) is 45.1 Å². The van der Waals surface area contributed by atoms with Gasteiger partial charge in [-0.1, -0.05) is 6.58 Å². The van der Waals surface area contributed by atoms with Crippen LogP contribution in [0.4, 0.5) is 0 Å². The second kappa shape index (κ2) is 2.99. The molecule has 2 fully saturated rings. The molecule has 1 amide bonds. The summed E-state index contributed by atoms with van der Waals surface area (Å²) in [6, 6.07) is -1.43. The zero-order chi connectivity index (χ0) is 10.5. The fourth-order valence-corrected chi connectivity index (χ4v) is 2.98. The maximum atomic E-state index is 11.3. The van der Waals surface area contributed by atoms with Gasteiger partial charge in [-0.3, -0.25) is 4.79 Å². The van der Waals surface area contributed by atoms with Crippen LogP contribution >= 0.6 is 11.8 Å². The number of amides is 1. The quantitative estimate of drug-likeness (QED) is 0.442. The van der Waals surface area contributed by atoms with E-state index in [9.17, 15) is 9.59 Å². The maximum Gasteiger partial charge on any atom is 0.330 e. The second-order valence-corrected chi connectivity index (χ2v) is 4.48. The molecule has 0 saturated carbocycles. The molecule has 0 radical (unpaired) electrons. The highest BCUT2D eigenvalue weighted by Crippen LogP contribution is 2.38. The van der Waals surface area contributed by atoms with Crippen LogP contribution in [0.3, 0.4) is 0 Å². The predicted octanol–water partition coefficient (Wildman–Crippen LogP) is -0.762. The van der Waals surface area contributed by atoms with Crippen molar-refractivity contribution in [1.29, 1.82) is 0 Å². The van der Waals surface area contributed by atoms with E-state index < -0.39 is 18.1 Å². The van der Waals surface area contributed by atoms with Crippen molar-refractivity contribution in [3.05, 3.63) is 12.2 Å². The number of hydrogen-bond acceptors (Lipinski definition) is 4. The van der Waals surface area contributed by atoms with Crippen LogP contribution in [0.2, 0.25) is 0 Å². The largest absolute Gasteiger partial charge is 0.479 e. The molecule has 14 heavy (non-hydrogen) atoms. The molecule has 2 heterocycles. The molecule has 0 unspecified atom stereocenters. The first-order valence-electron chi connectivity index (χ1n) is 4.14. The standard InChI is InChI=1S/C8H10N2O3S/c1-3-2-14-7-4(9)6(11)10(7)5(3)8(12)13/h4-5,7H,1-2,9H2,(H,12,13)/t4-,5+,7+/m1/s1. The minimum Gasteiger partial charge on any atom is -0.479 e. The molecule has 5 nitrogen and oxygen atoms in total. The Morgan fingerprint density at radius 1 is 1.71 bits per heavy atom. The number of aliphatic carboxylic acids is 1. The Hall–Kier alpha value is -1.01. The molecule has 0 aliphatic carbocycles. The molecule has 0 aromatic rings. The van der Waals surface area contributed by atoms with Crippen molar-refractivity contribution in [3.8, 4) is 0 Å². The monoisotopic (exact) mass is 214 g/mol. The zero-order valence-electron chi connectivity index (χ0n) is 7.34. The third-order valence-electron chi connectivity index (χ3n) is 2.46. The molecule has 0 aromatic heterocycles. The molecule has 2 rings (SSSR count). The fourth-order valence-electron chi connectivity index (χ4n) is 1.73. The number of nitrogens with zero attached hydrogens (tertiary/aromatic N) is 1. The van der Waals surface area contributed by atoms with Crippen molar-refractivity contribution in [2.24, 2.45) is 5.73 Å². The Morgan fingerprint density at radius 3 is 2.93 bits per heavy atom. The Labute approximate surface area is 84.9 Å². The van der Waals surface area contributed by atoms with E-state index in [0.717, 1.165) is 0 Å². The third kappa shape index (κ3) is 1.07. The van der Waals surface area contributed by atoms with Crippen LogP contribution in [0.25, 0.3) is 0 Å². The van der Waals surface area contributed by atoms with E-state index in [1.165, 1.54) is 16.7 Å². The molecule has 2 saturated heterocycles. The lowest BCUT2D eigenvalue weighted by Gasteiger charge is -2.51. The highest BCUT2D eigenvalue weighted by molar-refractivity contribution is 8.00. The Bertz CT molecular complexity index is 331. The summed E-state index contributed by atoms with van der Waals surface area (Å²) in [6.07, 6.45) is 0. The average molecular weight is 214 g/mol. The van der Waals surface area contributed by atoms with Gasteiger partial charge >= 0.3 is 5.97 Å². The molecule has 0 spiro atoms. The van der Waals surface area contributed by atoms with E-state index in [1.807, 2.05) is 0 Å². The summed E-state index contributed by atoms with van der Waals surface area (Å²) in [5.41, 5.74) is 6.10. The average Bonchev–Trinajstić information content (AvgIpc) is 2.15. The topological polar surface area (TPSA) is 83.6 Å². The molecule has 76 valence electrons. The number of rotatable bonds is 1. The molecule has 3 N–H and O–H groups in total. The van der Waals surface area contributed by atoms with E-state index in [2.05, 4.69) is 6.58 Å². The van der Waals surface area contributed by atoms with Crippen molar-refractivity contribution in [2.75, 3.05) is 5.75 Å². The van der Waals surface area contributed by atoms with Crippen LogP contribution < -0.4 is 5.73 Å². The van der Waals surface area contributed by atoms with Gasteiger partial charge in [0.15, 0.2) is 6.04 Å². The van der Waals surface area contributed by atoms with Gasteiger partial charge in [0.2, 0.25) is 5.91 Å². The van der Waals surface area contributed by atoms with Crippen LogP contribution in [-0.2, 0) is 9.59 Å². The molecule has 2 aliphatic heterocycles. The van der Waals surface area contributed by atoms with Crippen LogP contribution in [0.15, 0.2) is 12.2 Å². The zero-order valence-corrected chi connectivity index (χ0v) is 8.16. The van der Waals surface area contributed by atoms with Gasteiger partial charge in [0.25, 0.3) is 0 Å². The summed E-state index contributed by atoms with van der Waals surface area (Å²) >= 11 is 1.47. The molecule has 0 aromatic carbocycles. The van der Waals surface area contributed by atoms with E-state index in [-0.39, 0.29) is 11.3 Å². The maximum absolute atomic E-state index is 11.3. The lowest BCUT2D eigenvalue weighted by molar-refractivity contribution is -0.158. The Balaban J connectivity index is 2.26. The number of carbonyl (C=O) groups is 2. The fraction of sp³-hybridized carbons (Fsp3) is 0.500.